The van der Waals surface area contributed by atoms with Crippen LogP contribution in [0.2, 0.25) is 0 Å². The zero-order valence-corrected chi connectivity index (χ0v) is 22.6. The summed E-state index contributed by atoms with van der Waals surface area (Å²) in [6.07, 6.45) is 0.530. The van der Waals surface area contributed by atoms with E-state index in [9.17, 15) is 9.90 Å². The van der Waals surface area contributed by atoms with Gasteiger partial charge in [0.25, 0.3) is 5.89 Å². The Morgan fingerprint density at radius 1 is 0.833 bits per heavy atom. The summed E-state index contributed by atoms with van der Waals surface area (Å²) in [7, 11) is 0. The fourth-order valence-corrected chi connectivity index (χ4v) is 5.12. The average molecular weight is 556 g/mol. The SMILES string of the molecule is Cc1c(-c2nnc([C@H](Cc3ccc(-c4cc5ccccc5o4)cc3)Nc3ccc(C(=O)O)cc3)o2)oc2ccccc12. The summed E-state index contributed by atoms with van der Waals surface area (Å²) >= 11 is 0. The molecule has 0 amide bonds. The number of hydrogen-bond acceptors (Lipinski definition) is 7. The standard InChI is InChI=1S/C34H25N3O5/c1-20-26-7-3-5-9-29(26)41-31(20)33-37-36-32(42-33)27(35-25-16-14-23(15-17-25)34(38)39)18-21-10-12-22(13-11-21)30-19-24-6-2-4-8-28(24)40-30/h2-17,19,27,35H,18H2,1H3,(H,38,39)/t27-/m0/s1. The predicted molar refractivity (Wildman–Crippen MR) is 159 cm³/mol. The minimum absolute atomic E-state index is 0.207. The predicted octanol–water partition coefficient (Wildman–Crippen LogP) is 8.30. The van der Waals surface area contributed by atoms with Crippen molar-refractivity contribution in [2.75, 3.05) is 5.32 Å². The van der Waals surface area contributed by atoms with Crippen molar-refractivity contribution in [3.63, 3.8) is 0 Å². The minimum Gasteiger partial charge on any atom is -0.478 e. The van der Waals surface area contributed by atoms with Crippen molar-refractivity contribution in [1.82, 2.24) is 10.2 Å². The number of aromatic nitrogens is 2. The number of carboxylic acid groups (broad SMARTS) is 1. The zero-order chi connectivity index (χ0) is 28.6. The van der Waals surface area contributed by atoms with E-state index in [2.05, 4.69) is 15.5 Å². The van der Waals surface area contributed by atoms with Crippen LogP contribution >= 0.6 is 0 Å². The number of aryl methyl sites for hydroxylation is 1. The Hall–Kier alpha value is -5.63. The molecule has 8 nitrogen and oxygen atoms in total. The van der Waals surface area contributed by atoms with Gasteiger partial charge >= 0.3 is 5.97 Å². The molecule has 206 valence electrons. The van der Waals surface area contributed by atoms with Gasteiger partial charge in [-0.2, -0.15) is 0 Å². The number of anilines is 1. The fourth-order valence-electron chi connectivity index (χ4n) is 5.12. The van der Waals surface area contributed by atoms with Gasteiger partial charge in [-0.15, -0.1) is 10.2 Å². The number of nitrogens with one attached hydrogen (secondary N) is 1. The molecule has 3 aromatic heterocycles. The van der Waals surface area contributed by atoms with Gasteiger partial charge in [0.1, 0.15) is 23.0 Å². The molecule has 7 aromatic rings. The molecule has 0 saturated carbocycles. The number of hydrogen-bond donors (Lipinski definition) is 2. The maximum Gasteiger partial charge on any atom is 0.335 e. The molecule has 0 radical (unpaired) electrons. The second-order valence-corrected chi connectivity index (χ2v) is 10.1. The van der Waals surface area contributed by atoms with E-state index in [0.717, 1.165) is 50.1 Å². The second-order valence-electron chi connectivity index (χ2n) is 10.1. The molecule has 0 aliphatic heterocycles. The van der Waals surface area contributed by atoms with Crippen LogP contribution in [0.25, 0.3) is 44.9 Å². The van der Waals surface area contributed by atoms with Crippen LogP contribution in [0.3, 0.4) is 0 Å². The van der Waals surface area contributed by atoms with Gasteiger partial charge in [-0.25, -0.2) is 4.79 Å². The monoisotopic (exact) mass is 555 g/mol. The summed E-state index contributed by atoms with van der Waals surface area (Å²) in [5.41, 5.74) is 5.47. The van der Waals surface area contributed by atoms with Gasteiger partial charge in [0.15, 0.2) is 5.76 Å². The molecular weight excluding hydrogens is 530 g/mol. The van der Waals surface area contributed by atoms with Crippen molar-refractivity contribution in [3.05, 3.63) is 126 Å². The highest BCUT2D eigenvalue weighted by Gasteiger charge is 2.24. The van der Waals surface area contributed by atoms with Crippen LogP contribution in [0.1, 0.15) is 33.4 Å². The largest absolute Gasteiger partial charge is 0.478 e. The fraction of sp³-hybridized carbons (Fsp3) is 0.0882. The molecule has 2 N–H and O–H groups in total. The molecule has 0 aliphatic rings. The molecule has 0 aliphatic carbocycles. The summed E-state index contributed by atoms with van der Waals surface area (Å²) in [6, 6.07) is 32.1. The van der Waals surface area contributed by atoms with E-state index >= 15 is 0 Å². The van der Waals surface area contributed by atoms with Crippen molar-refractivity contribution in [1.29, 1.82) is 0 Å². The number of para-hydroxylation sites is 2. The molecule has 1 atom stereocenters. The first-order chi connectivity index (χ1) is 20.5. The van der Waals surface area contributed by atoms with E-state index < -0.39 is 12.0 Å². The Balaban J connectivity index is 1.19. The zero-order valence-electron chi connectivity index (χ0n) is 22.6. The lowest BCUT2D eigenvalue weighted by Gasteiger charge is -2.17. The van der Waals surface area contributed by atoms with Crippen LogP contribution < -0.4 is 5.32 Å². The highest BCUT2D eigenvalue weighted by atomic mass is 16.4. The van der Waals surface area contributed by atoms with Gasteiger partial charge in [-0.05, 0) is 55.0 Å². The summed E-state index contributed by atoms with van der Waals surface area (Å²) in [5.74, 6) is 1.04. The highest BCUT2D eigenvalue weighted by Crippen LogP contribution is 2.34. The first-order valence-corrected chi connectivity index (χ1v) is 13.5. The first kappa shape index (κ1) is 25.3. The summed E-state index contributed by atoms with van der Waals surface area (Å²) in [5, 5.41) is 23.5. The van der Waals surface area contributed by atoms with Gasteiger partial charge in [0, 0.05) is 34.0 Å². The van der Waals surface area contributed by atoms with Crippen LogP contribution in [0, 0.1) is 6.92 Å². The van der Waals surface area contributed by atoms with Crippen molar-refractivity contribution in [2.45, 2.75) is 19.4 Å². The molecule has 4 aromatic carbocycles. The van der Waals surface area contributed by atoms with Crippen LogP contribution in [0.5, 0.6) is 0 Å². The Morgan fingerprint density at radius 2 is 1.57 bits per heavy atom. The highest BCUT2D eigenvalue weighted by molar-refractivity contribution is 5.88. The minimum atomic E-state index is -0.981. The Kier molecular flexibility index (Phi) is 6.28. The molecule has 42 heavy (non-hydrogen) atoms. The van der Waals surface area contributed by atoms with Crippen LogP contribution in [-0.4, -0.2) is 21.3 Å². The summed E-state index contributed by atoms with van der Waals surface area (Å²) in [6.45, 7) is 1.97. The molecule has 0 spiro atoms. The van der Waals surface area contributed by atoms with E-state index in [0.29, 0.717) is 24.0 Å². The van der Waals surface area contributed by atoms with Gasteiger partial charge in [0.2, 0.25) is 5.89 Å². The van der Waals surface area contributed by atoms with E-state index in [-0.39, 0.29) is 5.56 Å². The molecule has 0 unspecified atom stereocenters. The Bertz CT molecular complexity index is 2000. The topological polar surface area (TPSA) is 115 Å². The van der Waals surface area contributed by atoms with Crippen molar-refractivity contribution >= 4 is 33.6 Å². The maximum absolute atomic E-state index is 11.3. The number of nitrogens with zero attached hydrogens (tertiary/aromatic N) is 2. The molecule has 8 heteroatoms. The van der Waals surface area contributed by atoms with Crippen LogP contribution in [0.4, 0.5) is 5.69 Å². The number of carboxylic acids is 1. The van der Waals surface area contributed by atoms with E-state index in [1.807, 2.05) is 85.8 Å². The number of furan rings is 2. The smallest absolute Gasteiger partial charge is 0.335 e. The lowest BCUT2D eigenvalue weighted by Crippen LogP contribution is -2.14. The number of aromatic carboxylic acids is 1. The molecule has 0 bridgehead atoms. The third-order valence-electron chi connectivity index (χ3n) is 7.35. The Morgan fingerprint density at radius 3 is 2.31 bits per heavy atom. The van der Waals surface area contributed by atoms with Gasteiger partial charge in [-0.1, -0.05) is 60.7 Å². The van der Waals surface area contributed by atoms with E-state index in [4.69, 9.17) is 13.3 Å². The van der Waals surface area contributed by atoms with Crippen LogP contribution in [0.15, 0.2) is 116 Å². The number of benzene rings is 4. The van der Waals surface area contributed by atoms with Gasteiger partial charge < -0.3 is 23.7 Å². The number of carbonyl (C=O) groups is 1. The van der Waals surface area contributed by atoms with E-state index in [1.165, 1.54) is 0 Å². The Labute approximate surface area is 240 Å². The molecule has 7 rings (SSSR count). The normalized spacial score (nSPS) is 12.1. The summed E-state index contributed by atoms with van der Waals surface area (Å²) < 4.78 is 18.3. The quantitative estimate of drug-likeness (QED) is 0.192. The molecule has 0 fully saturated rings. The van der Waals surface area contributed by atoms with Crippen molar-refractivity contribution < 1.29 is 23.2 Å². The third-order valence-corrected chi connectivity index (χ3v) is 7.35. The molecule has 0 saturated heterocycles. The summed E-state index contributed by atoms with van der Waals surface area (Å²) in [4.78, 5) is 11.3. The van der Waals surface area contributed by atoms with Crippen LogP contribution in [-0.2, 0) is 6.42 Å². The van der Waals surface area contributed by atoms with Gasteiger partial charge in [0.05, 0.1) is 5.56 Å². The van der Waals surface area contributed by atoms with Crippen molar-refractivity contribution in [3.8, 4) is 23.0 Å². The molecular formula is C34H25N3O5. The lowest BCUT2D eigenvalue weighted by molar-refractivity contribution is 0.0697. The second kappa shape index (κ2) is 10.4. The third kappa shape index (κ3) is 4.79. The average Bonchev–Trinajstić information content (AvgIpc) is 3.75. The number of fused-ring (bicyclic) bond motifs is 2. The first-order valence-electron chi connectivity index (χ1n) is 13.5. The number of rotatable bonds is 8. The molecule has 3 heterocycles. The van der Waals surface area contributed by atoms with E-state index in [1.54, 1.807) is 24.3 Å². The maximum atomic E-state index is 11.3. The van der Waals surface area contributed by atoms with Gasteiger partial charge in [-0.3, -0.25) is 0 Å². The van der Waals surface area contributed by atoms with Crippen molar-refractivity contribution in [2.24, 2.45) is 0 Å². The lowest BCUT2D eigenvalue weighted by atomic mass is 10.0.